The number of rotatable bonds is 5. The molecule has 0 spiro atoms. The molecule has 29 heavy (non-hydrogen) atoms. The first-order valence-corrected chi connectivity index (χ1v) is 9.88. The number of benzene rings is 1. The summed E-state index contributed by atoms with van der Waals surface area (Å²) in [7, 11) is 1.55. The number of hydrogen-bond donors (Lipinski definition) is 0. The monoisotopic (exact) mass is 409 g/mol. The van der Waals surface area contributed by atoms with Crippen molar-refractivity contribution < 1.29 is 14.3 Å². The summed E-state index contributed by atoms with van der Waals surface area (Å²) in [6.07, 6.45) is 0. The summed E-state index contributed by atoms with van der Waals surface area (Å²) in [6, 6.07) is 9.00. The van der Waals surface area contributed by atoms with Crippen LogP contribution in [-0.2, 0) is 22.7 Å². The van der Waals surface area contributed by atoms with E-state index in [2.05, 4.69) is 9.97 Å². The highest BCUT2D eigenvalue weighted by atomic mass is 32.1. The fraction of sp³-hybridized carbons (Fsp3) is 0.238. The van der Waals surface area contributed by atoms with Gasteiger partial charge >= 0.3 is 5.97 Å². The van der Waals surface area contributed by atoms with Gasteiger partial charge in [0.2, 0.25) is 0 Å². The van der Waals surface area contributed by atoms with Gasteiger partial charge in [0.1, 0.15) is 6.61 Å². The fourth-order valence-corrected chi connectivity index (χ4v) is 4.23. The molecule has 8 heteroatoms. The highest BCUT2D eigenvalue weighted by Gasteiger charge is 2.20. The van der Waals surface area contributed by atoms with Crippen molar-refractivity contribution in [3.05, 3.63) is 74.3 Å². The van der Waals surface area contributed by atoms with Crippen LogP contribution in [0.1, 0.15) is 33.0 Å². The quantitative estimate of drug-likeness (QED) is 0.470. The van der Waals surface area contributed by atoms with Crippen LogP contribution in [0.4, 0.5) is 0 Å². The Kier molecular flexibility index (Phi) is 5.12. The number of ether oxygens (including phenoxy) is 2. The Morgan fingerprint density at radius 2 is 1.97 bits per heavy atom. The number of aryl methyl sites for hydroxylation is 2. The number of carbonyl (C=O) groups excluding carboxylic acids is 1. The van der Waals surface area contributed by atoms with Crippen molar-refractivity contribution in [2.24, 2.45) is 0 Å². The number of fused-ring (bicyclic) bond motifs is 2. The SMILES string of the molecule is COCc1nc2ccccc2c(C)c1C(=O)OCc1cc(=O)n2c(C)csc2n1. The van der Waals surface area contributed by atoms with E-state index >= 15 is 0 Å². The molecule has 1 aromatic carbocycles. The standard InChI is InChI=1S/C21H19N3O4S/c1-12-11-29-21-22-14(8-18(25)24(12)21)9-28-20(26)19-13(2)15-6-4-5-7-16(15)23-17(19)10-27-3/h4-8,11H,9-10H2,1-3H3. The number of carbonyl (C=O) groups is 1. The summed E-state index contributed by atoms with van der Waals surface area (Å²) < 4.78 is 12.3. The fourth-order valence-electron chi connectivity index (χ4n) is 3.34. The van der Waals surface area contributed by atoms with Gasteiger partial charge in [-0.3, -0.25) is 9.20 Å². The second-order valence-corrected chi connectivity index (χ2v) is 7.50. The molecule has 3 aromatic heterocycles. The normalized spacial score (nSPS) is 11.3. The lowest BCUT2D eigenvalue weighted by Crippen LogP contribution is -2.17. The van der Waals surface area contributed by atoms with Crippen molar-refractivity contribution in [2.45, 2.75) is 27.1 Å². The lowest BCUT2D eigenvalue weighted by molar-refractivity contribution is 0.0461. The summed E-state index contributed by atoms with van der Waals surface area (Å²) in [5, 5.41) is 2.74. The summed E-state index contributed by atoms with van der Waals surface area (Å²) in [5.41, 5.74) is 3.52. The number of thiazole rings is 1. The third-order valence-corrected chi connectivity index (χ3v) is 5.64. The average Bonchev–Trinajstić information content (AvgIpc) is 3.08. The Labute approximate surface area is 170 Å². The maximum Gasteiger partial charge on any atom is 0.340 e. The Hall–Kier alpha value is -3.10. The van der Waals surface area contributed by atoms with Crippen LogP contribution in [0.3, 0.4) is 0 Å². The van der Waals surface area contributed by atoms with Gasteiger partial charge in [0, 0.05) is 29.6 Å². The largest absolute Gasteiger partial charge is 0.456 e. The molecule has 0 bridgehead atoms. The van der Waals surface area contributed by atoms with Gasteiger partial charge in [-0.25, -0.2) is 14.8 Å². The molecule has 0 atom stereocenters. The van der Waals surface area contributed by atoms with Crippen molar-refractivity contribution in [2.75, 3.05) is 7.11 Å². The number of para-hydroxylation sites is 1. The molecule has 4 aromatic rings. The molecule has 0 saturated heterocycles. The average molecular weight is 409 g/mol. The molecular weight excluding hydrogens is 390 g/mol. The summed E-state index contributed by atoms with van der Waals surface area (Å²) in [4.78, 5) is 34.8. The first-order valence-electron chi connectivity index (χ1n) is 9.00. The molecule has 4 rings (SSSR count). The highest BCUT2D eigenvalue weighted by molar-refractivity contribution is 7.15. The van der Waals surface area contributed by atoms with Crippen molar-refractivity contribution >= 4 is 33.2 Å². The summed E-state index contributed by atoms with van der Waals surface area (Å²) >= 11 is 1.37. The van der Waals surface area contributed by atoms with E-state index < -0.39 is 5.97 Å². The van der Waals surface area contributed by atoms with Gasteiger partial charge in [0.25, 0.3) is 5.56 Å². The smallest absolute Gasteiger partial charge is 0.340 e. The number of pyridine rings is 1. The van der Waals surface area contributed by atoms with E-state index in [0.717, 1.165) is 22.2 Å². The number of methoxy groups -OCH3 is 1. The van der Waals surface area contributed by atoms with Gasteiger partial charge in [0.15, 0.2) is 4.96 Å². The first-order chi connectivity index (χ1) is 14.0. The van der Waals surface area contributed by atoms with E-state index in [1.807, 2.05) is 43.5 Å². The van der Waals surface area contributed by atoms with E-state index in [0.29, 0.717) is 21.9 Å². The molecule has 0 N–H and O–H groups in total. The second kappa shape index (κ2) is 7.73. The maximum atomic E-state index is 12.9. The molecule has 0 aliphatic heterocycles. The molecule has 0 fully saturated rings. The van der Waals surface area contributed by atoms with E-state index in [4.69, 9.17) is 9.47 Å². The van der Waals surface area contributed by atoms with Crippen LogP contribution in [-0.4, -0.2) is 27.4 Å². The van der Waals surface area contributed by atoms with E-state index in [1.54, 1.807) is 7.11 Å². The van der Waals surface area contributed by atoms with Crippen molar-refractivity contribution in [3.63, 3.8) is 0 Å². The van der Waals surface area contributed by atoms with Gasteiger partial charge in [0.05, 0.1) is 29.1 Å². The number of hydrogen-bond acceptors (Lipinski definition) is 7. The number of nitrogens with zero attached hydrogens (tertiary/aromatic N) is 3. The molecule has 7 nitrogen and oxygen atoms in total. The predicted molar refractivity (Wildman–Crippen MR) is 110 cm³/mol. The lowest BCUT2D eigenvalue weighted by Gasteiger charge is -2.13. The zero-order valence-electron chi connectivity index (χ0n) is 16.3. The molecule has 0 saturated carbocycles. The van der Waals surface area contributed by atoms with E-state index in [9.17, 15) is 9.59 Å². The molecule has 0 aliphatic carbocycles. The van der Waals surface area contributed by atoms with E-state index in [-0.39, 0.29) is 18.8 Å². The summed E-state index contributed by atoms with van der Waals surface area (Å²) in [6.45, 7) is 3.81. The molecular formula is C21H19N3O4S. The van der Waals surface area contributed by atoms with Crippen LogP contribution >= 0.6 is 11.3 Å². The van der Waals surface area contributed by atoms with Crippen molar-refractivity contribution in [3.8, 4) is 0 Å². The Morgan fingerprint density at radius 3 is 2.76 bits per heavy atom. The molecule has 148 valence electrons. The molecule has 0 unspecified atom stereocenters. The van der Waals surface area contributed by atoms with Gasteiger partial charge in [-0.2, -0.15) is 0 Å². The van der Waals surface area contributed by atoms with Crippen molar-refractivity contribution in [1.29, 1.82) is 0 Å². The minimum Gasteiger partial charge on any atom is -0.456 e. The lowest BCUT2D eigenvalue weighted by atomic mass is 10.0. The van der Waals surface area contributed by atoms with Crippen molar-refractivity contribution in [1.82, 2.24) is 14.4 Å². The van der Waals surface area contributed by atoms with Gasteiger partial charge in [-0.15, -0.1) is 11.3 Å². The molecule has 0 amide bonds. The zero-order chi connectivity index (χ0) is 20.5. The molecule has 3 heterocycles. The van der Waals surface area contributed by atoms with Crippen LogP contribution in [0.5, 0.6) is 0 Å². The van der Waals surface area contributed by atoms with Crippen LogP contribution in [0.25, 0.3) is 15.9 Å². The van der Waals surface area contributed by atoms with Gasteiger partial charge in [-0.1, -0.05) is 18.2 Å². The van der Waals surface area contributed by atoms with Crippen LogP contribution in [0.2, 0.25) is 0 Å². The third kappa shape index (κ3) is 3.52. The second-order valence-electron chi connectivity index (χ2n) is 6.67. The minimum absolute atomic E-state index is 0.0970. The van der Waals surface area contributed by atoms with Crippen LogP contribution < -0.4 is 5.56 Å². The first kappa shape index (κ1) is 19.2. The summed E-state index contributed by atoms with van der Waals surface area (Å²) in [5.74, 6) is -0.517. The van der Waals surface area contributed by atoms with Gasteiger partial charge < -0.3 is 9.47 Å². The Bertz CT molecular complexity index is 1290. The third-order valence-electron chi connectivity index (χ3n) is 4.69. The number of aromatic nitrogens is 3. The van der Waals surface area contributed by atoms with Crippen LogP contribution in [0, 0.1) is 13.8 Å². The van der Waals surface area contributed by atoms with Crippen LogP contribution in [0.15, 0.2) is 40.5 Å². The Balaban J connectivity index is 1.66. The topological polar surface area (TPSA) is 82.8 Å². The Morgan fingerprint density at radius 1 is 1.17 bits per heavy atom. The predicted octanol–water partition coefficient (Wildman–Crippen LogP) is 3.42. The number of esters is 1. The molecule has 0 radical (unpaired) electrons. The van der Waals surface area contributed by atoms with Gasteiger partial charge in [-0.05, 0) is 25.5 Å². The zero-order valence-corrected chi connectivity index (χ0v) is 17.1. The maximum absolute atomic E-state index is 12.9. The highest BCUT2D eigenvalue weighted by Crippen LogP contribution is 2.24. The van der Waals surface area contributed by atoms with E-state index in [1.165, 1.54) is 21.8 Å². The molecule has 0 aliphatic rings. The minimum atomic E-state index is -0.517.